The largest absolute Gasteiger partial charge is 0.431 e. The molecule has 0 spiro atoms. The van der Waals surface area contributed by atoms with Gasteiger partial charge in [0.05, 0.1) is 17.9 Å². The Morgan fingerprint density at radius 1 is 0.723 bits per heavy atom. The normalized spacial score (nSPS) is 44.7. The molecule has 3 saturated heterocycles. The number of Topliss-reactive ketones (excluding diaryl/α,β-unsaturated/α-hetero) is 1. The van der Waals surface area contributed by atoms with E-state index in [1.165, 1.54) is 11.1 Å². The smallest absolute Gasteiger partial charge is 0.315 e. The molecule has 3 heterocycles. The molecule has 0 amide bonds. The van der Waals surface area contributed by atoms with Gasteiger partial charge in [0.1, 0.15) is 17.6 Å². The molecule has 252 valence electrons. The van der Waals surface area contributed by atoms with E-state index in [1.54, 1.807) is 6.08 Å². The number of epoxide rings is 1. The molecule has 10 atom stereocenters. The molecule has 0 N–H and O–H groups in total. The van der Waals surface area contributed by atoms with E-state index < -0.39 is 0 Å². The molecular formula is C38H50O7Y2-2. The van der Waals surface area contributed by atoms with Gasteiger partial charge in [-0.05, 0) is 18.9 Å². The Balaban J connectivity index is 0.000000196. The molecule has 9 rings (SSSR count). The van der Waals surface area contributed by atoms with E-state index in [0.717, 1.165) is 62.9 Å². The molecule has 9 heteroatoms. The Hall–Kier alpha value is -0.332. The first kappa shape index (κ1) is 39.5. The van der Waals surface area contributed by atoms with Crippen LogP contribution in [0.25, 0.3) is 0 Å². The van der Waals surface area contributed by atoms with E-state index in [0.29, 0.717) is 12.8 Å². The zero-order valence-electron chi connectivity index (χ0n) is 26.9. The summed E-state index contributed by atoms with van der Waals surface area (Å²) in [6.45, 7) is 8.82. The number of ketones is 2. The summed E-state index contributed by atoms with van der Waals surface area (Å²) in [5.74, 6) is 1.41. The van der Waals surface area contributed by atoms with E-state index in [1.807, 2.05) is 6.08 Å². The van der Waals surface area contributed by atoms with Gasteiger partial charge in [-0.2, -0.15) is 12.8 Å². The van der Waals surface area contributed by atoms with Gasteiger partial charge in [-0.25, -0.2) is 0 Å². The van der Waals surface area contributed by atoms with Crippen LogP contribution >= 0.6 is 0 Å². The summed E-state index contributed by atoms with van der Waals surface area (Å²) in [5, 5.41) is 0. The number of hydrogen-bond acceptors (Lipinski definition) is 7. The van der Waals surface area contributed by atoms with Crippen molar-refractivity contribution in [2.75, 3.05) is 0 Å². The molecule has 9 aliphatic rings. The second kappa shape index (κ2) is 13.3. The number of allylic oxidation sites excluding steroid dienone is 6. The van der Waals surface area contributed by atoms with E-state index in [2.05, 4.69) is 40.5 Å². The Labute approximate surface area is 331 Å². The molecule has 3 saturated carbocycles. The predicted molar refractivity (Wildman–Crippen MR) is 169 cm³/mol. The number of rotatable bonds is 0. The number of carbonyl (C=O) groups is 4. The van der Waals surface area contributed by atoms with Gasteiger partial charge in [0.25, 0.3) is 0 Å². The maximum atomic E-state index is 12.6. The molecular weight excluding hydrogens is 746 g/mol. The van der Waals surface area contributed by atoms with Gasteiger partial charge in [-0.15, -0.1) is 10.8 Å². The Morgan fingerprint density at radius 2 is 1.26 bits per heavy atom. The van der Waals surface area contributed by atoms with Crippen LogP contribution in [0.2, 0.25) is 0 Å². The van der Waals surface area contributed by atoms with Crippen LogP contribution < -0.4 is 0 Å². The third-order valence-electron chi connectivity index (χ3n) is 13.3. The molecule has 2 radical (unpaired) electrons. The Morgan fingerprint density at radius 3 is 1.85 bits per heavy atom. The maximum Gasteiger partial charge on any atom is 0.315 e. The van der Waals surface area contributed by atoms with Gasteiger partial charge in [-0.3, -0.25) is 19.2 Å². The molecule has 47 heavy (non-hydrogen) atoms. The molecule has 0 aromatic heterocycles. The molecule has 6 aliphatic carbocycles. The topological polar surface area (TPSA) is 99.3 Å². The van der Waals surface area contributed by atoms with Crippen LogP contribution in [0.5, 0.6) is 0 Å². The molecule has 7 nitrogen and oxygen atoms in total. The van der Waals surface area contributed by atoms with Crippen molar-refractivity contribution < 1.29 is 98.8 Å². The van der Waals surface area contributed by atoms with Crippen LogP contribution in [-0.4, -0.2) is 35.7 Å². The fourth-order valence-electron chi connectivity index (χ4n) is 10.5. The van der Waals surface area contributed by atoms with Crippen LogP contribution in [-0.2, 0) is 98.8 Å². The van der Waals surface area contributed by atoms with E-state index in [-0.39, 0.29) is 161 Å². The van der Waals surface area contributed by atoms with Gasteiger partial charge in [0.15, 0.2) is 11.6 Å². The van der Waals surface area contributed by atoms with Crippen LogP contribution in [0.1, 0.15) is 107 Å². The third kappa shape index (κ3) is 5.69. The monoisotopic (exact) mass is 796 g/mol. The van der Waals surface area contributed by atoms with Crippen molar-refractivity contribution in [3.8, 4) is 0 Å². The fraction of sp³-hybridized carbons (Fsp3) is 0.684. The predicted octanol–water partition coefficient (Wildman–Crippen LogP) is 7.20. The Bertz CT molecular complexity index is 1460. The van der Waals surface area contributed by atoms with Gasteiger partial charge in [0.2, 0.25) is 0 Å². The van der Waals surface area contributed by atoms with Gasteiger partial charge >= 0.3 is 11.9 Å². The summed E-state index contributed by atoms with van der Waals surface area (Å²) in [5.41, 5.74) is 2.35. The first-order valence-electron chi connectivity index (χ1n) is 16.4. The van der Waals surface area contributed by atoms with Gasteiger partial charge in [-0.1, -0.05) is 85.5 Å². The summed E-state index contributed by atoms with van der Waals surface area (Å²) < 4.78 is 17.3. The molecule has 0 aromatic carbocycles. The molecule has 0 aromatic rings. The van der Waals surface area contributed by atoms with Gasteiger partial charge < -0.3 is 27.1 Å². The molecule has 0 bridgehead atoms. The van der Waals surface area contributed by atoms with Crippen LogP contribution in [0.4, 0.5) is 0 Å². The summed E-state index contributed by atoms with van der Waals surface area (Å²) in [7, 11) is 0. The van der Waals surface area contributed by atoms with Crippen molar-refractivity contribution in [2.45, 2.75) is 119 Å². The number of ether oxygens (including phenoxy) is 3. The average molecular weight is 797 g/mol. The molecule has 10 unspecified atom stereocenters. The summed E-state index contributed by atoms with van der Waals surface area (Å²) in [6.07, 6.45) is 17.1. The Kier molecular flexibility index (Phi) is 11.2. The number of hydrogen-bond donors (Lipinski definition) is 0. The zero-order valence-corrected chi connectivity index (χ0v) is 32.5. The SMILES string of the molecule is C.C.CC12[CH-]CCC1=C1OC(=O)C3CC(=O)C4OC4C3(C)C1CC2.CC12[CH-]CCC1=C1OC(=O)C3CC(=O)C=CC3(C)C1CC2.[Y].[Y]. The number of carbonyl (C=O) groups excluding carboxylic acids is 4. The van der Waals surface area contributed by atoms with Crippen molar-refractivity contribution in [2.24, 2.45) is 45.3 Å². The molecule has 3 aliphatic heterocycles. The van der Waals surface area contributed by atoms with E-state index >= 15 is 0 Å². The average Bonchev–Trinajstić information content (AvgIpc) is 3.55. The van der Waals surface area contributed by atoms with E-state index in [9.17, 15) is 19.2 Å². The fourth-order valence-corrected chi connectivity index (χ4v) is 10.5. The van der Waals surface area contributed by atoms with Crippen molar-refractivity contribution in [1.29, 1.82) is 0 Å². The van der Waals surface area contributed by atoms with Crippen molar-refractivity contribution in [1.82, 2.24) is 0 Å². The zero-order chi connectivity index (χ0) is 30.1. The quantitative estimate of drug-likeness (QED) is 0.145. The first-order valence-corrected chi connectivity index (χ1v) is 16.4. The maximum absolute atomic E-state index is 12.6. The van der Waals surface area contributed by atoms with Crippen LogP contribution in [0.3, 0.4) is 0 Å². The van der Waals surface area contributed by atoms with Crippen LogP contribution in [0, 0.1) is 58.2 Å². The number of fused-ring (bicyclic) bond motifs is 10. The minimum atomic E-state index is -0.326. The third-order valence-corrected chi connectivity index (χ3v) is 13.3. The minimum Gasteiger partial charge on any atom is -0.431 e. The van der Waals surface area contributed by atoms with E-state index in [4.69, 9.17) is 14.2 Å². The van der Waals surface area contributed by atoms with Crippen LogP contribution in [0.15, 0.2) is 34.8 Å². The summed E-state index contributed by atoms with van der Waals surface area (Å²) >= 11 is 0. The van der Waals surface area contributed by atoms with Crippen molar-refractivity contribution in [3.63, 3.8) is 0 Å². The minimum absolute atomic E-state index is 0. The second-order valence-corrected chi connectivity index (χ2v) is 15.5. The second-order valence-electron chi connectivity index (χ2n) is 15.5. The standard InChI is InChI=1S/C18H21O4.C18H21O3.2CH4.2Y/c1-17-6-3-4-9(17)13-10(5-7-17)18(2)11(16(20)22-13)8-12(19)14-15(18)21-14;1-17-7-3-4-12(17)15-13(6-8-17)18(2)9-5-11(19)10-14(18)16(20)21-15;;;;/h6,10-11,14-15H,3-5,7-8H2,1-2H3;5,7,9,13-14H,3-4,6,8,10H2,1-2H3;2*1H4;;/q2*-1;;;;. The van der Waals surface area contributed by atoms with Gasteiger partial charge in [0, 0.05) is 101 Å². The summed E-state index contributed by atoms with van der Waals surface area (Å²) in [4.78, 5) is 48.8. The van der Waals surface area contributed by atoms with Crippen molar-refractivity contribution in [3.05, 3.63) is 47.7 Å². The number of esters is 2. The van der Waals surface area contributed by atoms with Crippen molar-refractivity contribution >= 4 is 23.5 Å². The summed E-state index contributed by atoms with van der Waals surface area (Å²) in [6, 6.07) is 0. The first-order chi connectivity index (χ1) is 20.4. The molecule has 6 fully saturated rings.